The molecule has 0 aliphatic rings. The van der Waals surface area contributed by atoms with Gasteiger partial charge in [-0.05, 0) is 24.8 Å². The largest absolute Gasteiger partial charge is 0.303 e. The van der Waals surface area contributed by atoms with Gasteiger partial charge in [-0.3, -0.25) is 0 Å². The third kappa shape index (κ3) is 5.74. The van der Waals surface area contributed by atoms with Gasteiger partial charge in [0.25, 0.3) is 0 Å². The van der Waals surface area contributed by atoms with Gasteiger partial charge in [-0.15, -0.1) is 0 Å². The summed E-state index contributed by atoms with van der Waals surface area (Å²) in [5, 5.41) is 3.65. The molecule has 0 heterocycles. The Morgan fingerprint density at radius 1 is 1.58 bits per heavy atom. The Balaban J connectivity index is 3.62. The lowest BCUT2D eigenvalue weighted by Crippen LogP contribution is -2.02. The molecular formula is C8H15N3O. The Morgan fingerprint density at radius 2 is 2.33 bits per heavy atom. The van der Waals surface area contributed by atoms with Crippen molar-refractivity contribution in [3.05, 3.63) is 10.4 Å². The maximum atomic E-state index is 10.00. The molecule has 0 aromatic rings. The van der Waals surface area contributed by atoms with Gasteiger partial charge in [-0.1, -0.05) is 18.5 Å². The highest BCUT2D eigenvalue weighted by atomic mass is 16.1. The summed E-state index contributed by atoms with van der Waals surface area (Å²) in [5.41, 5.74) is 8.21. The molecule has 0 rings (SSSR count). The lowest BCUT2D eigenvalue weighted by molar-refractivity contribution is -0.107. The quantitative estimate of drug-likeness (QED) is 0.190. The summed E-state index contributed by atoms with van der Waals surface area (Å²) < 4.78 is 0. The topological polar surface area (TPSA) is 65.8 Å². The SMILES string of the molecule is CCC[C@H](CCCC=O)N=[N+]=[N-]. The number of carbonyl (C=O) groups excluding carboxylic acids is 1. The monoisotopic (exact) mass is 169 g/mol. The highest BCUT2D eigenvalue weighted by Crippen LogP contribution is 2.10. The molecule has 0 aliphatic carbocycles. The van der Waals surface area contributed by atoms with Crippen LogP contribution in [0.25, 0.3) is 10.4 Å². The molecule has 0 bridgehead atoms. The van der Waals surface area contributed by atoms with Crippen LogP contribution in [0, 0.1) is 0 Å². The van der Waals surface area contributed by atoms with E-state index in [0.29, 0.717) is 6.42 Å². The van der Waals surface area contributed by atoms with Crippen molar-refractivity contribution in [2.75, 3.05) is 0 Å². The fourth-order valence-electron chi connectivity index (χ4n) is 1.10. The van der Waals surface area contributed by atoms with E-state index in [1.807, 2.05) is 0 Å². The van der Waals surface area contributed by atoms with Crippen LogP contribution in [0.4, 0.5) is 0 Å². The molecule has 0 fully saturated rings. The third-order valence-corrected chi connectivity index (χ3v) is 1.70. The first-order valence-electron chi connectivity index (χ1n) is 4.33. The summed E-state index contributed by atoms with van der Waals surface area (Å²) >= 11 is 0. The Morgan fingerprint density at radius 3 is 2.83 bits per heavy atom. The van der Waals surface area contributed by atoms with E-state index in [9.17, 15) is 4.79 Å². The van der Waals surface area contributed by atoms with Crippen molar-refractivity contribution in [2.45, 2.75) is 45.1 Å². The van der Waals surface area contributed by atoms with Gasteiger partial charge in [0, 0.05) is 17.4 Å². The average Bonchev–Trinajstić information content (AvgIpc) is 2.06. The summed E-state index contributed by atoms with van der Waals surface area (Å²) in [5.74, 6) is 0. The molecule has 4 nitrogen and oxygen atoms in total. The van der Waals surface area contributed by atoms with Gasteiger partial charge in [0.15, 0.2) is 0 Å². The predicted octanol–water partition coefficient (Wildman–Crippen LogP) is 2.83. The van der Waals surface area contributed by atoms with Gasteiger partial charge in [0.05, 0.1) is 0 Å². The molecular weight excluding hydrogens is 154 g/mol. The van der Waals surface area contributed by atoms with Gasteiger partial charge in [0.1, 0.15) is 6.29 Å². The van der Waals surface area contributed by atoms with E-state index >= 15 is 0 Å². The van der Waals surface area contributed by atoms with E-state index in [1.165, 1.54) is 0 Å². The van der Waals surface area contributed by atoms with Gasteiger partial charge < -0.3 is 4.79 Å². The van der Waals surface area contributed by atoms with Crippen molar-refractivity contribution in [3.63, 3.8) is 0 Å². The molecule has 0 aromatic heterocycles. The molecule has 0 saturated carbocycles. The van der Waals surface area contributed by atoms with E-state index < -0.39 is 0 Å². The number of hydrogen-bond donors (Lipinski definition) is 0. The number of rotatable bonds is 7. The van der Waals surface area contributed by atoms with Gasteiger partial charge in [0.2, 0.25) is 0 Å². The minimum atomic E-state index is 0.0833. The maximum absolute atomic E-state index is 10.00. The van der Waals surface area contributed by atoms with E-state index in [0.717, 1.165) is 32.0 Å². The van der Waals surface area contributed by atoms with Crippen LogP contribution in [0.5, 0.6) is 0 Å². The van der Waals surface area contributed by atoms with Crippen molar-refractivity contribution >= 4 is 6.29 Å². The zero-order valence-corrected chi connectivity index (χ0v) is 7.44. The highest BCUT2D eigenvalue weighted by Gasteiger charge is 2.03. The predicted molar refractivity (Wildman–Crippen MR) is 47.8 cm³/mol. The van der Waals surface area contributed by atoms with Crippen LogP contribution in [0.2, 0.25) is 0 Å². The van der Waals surface area contributed by atoms with E-state index in [-0.39, 0.29) is 6.04 Å². The van der Waals surface area contributed by atoms with Crippen molar-refractivity contribution in [1.29, 1.82) is 0 Å². The first-order valence-corrected chi connectivity index (χ1v) is 4.33. The Kier molecular flexibility index (Phi) is 7.39. The van der Waals surface area contributed by atoms with E-state index in [2.05, 4.69) is 16.9 Å². The standard InChI is InChI=1S/C8H15N3O/c1-2-5-8(10-11-9)6-3-4-7-12/h7-8H,2-6H2,1H3/t8-/m1/s1. The molecule has 4 heteroatoms. The minimum Gasteiger partial charge on any atom is -0.303 e. The summed E-state index contributed by atoms with van der Waals surface area (Å²) in [7, 11) is 0. The molecule has 68 valence electrons. The van der Waals surface area contributed by atoms with Crippen LogP contribution >= 0.6 is 0 Å². The zero-order valence-electron chi connectivity index (χ0n) is 7.44. The first-order chi connectivity index (χ1) is 5.85. The van der Waals surface area contributed by atoms with Crippen molar-refractivity contribution in [3.8, 4) is 0 Å². The van der Waals surface area contributed by atoms with E-state index in [4.69, 9.17) is 5.53 Å². The van der Waals surface area contributed by atoms with Crippen molar-refractivity contribution < 1.29 is 4.79 Å². The van der Waals surface area contributed by atoms with Crippen molar-refractivity contribution in [1.82, 2.24) is 0 Å². The smallest absolute Gasteiger partial charge is 0.119 e. The zero-order chi connectivity index (χ0) is 9.23. The second kappa shape index (κ2) is 8.08. The molecule has 0 aliphatic heterocycles. The van der Waals surface area contributed by atoms with Crippen LogP contribution in [-0.2, 0) is 4.79 Å². The maximum Gasteiger partial charge on any atom is 0.119 e. The number of unbranched alkanes of at least 4 members (excludes halogenated alkanes) is 1. The molecule has 0 aromatic carbocycles. The van der Waals surface area contributed by atoms with Crippen LogP contribution in [0.1, 0.15) is 39.0 Å². The molecule has 0 radical (unpaired) electrons. The van der Waals surface area contributed by atoms with Gasteiger partial charge in [-0.25, -0.2) is 0 Å². The summed E-state index contributed by atoms with van der Waals surface area (Å²) in [6, 6.07) is 0.0833. The molecule has 0 saturated heterocycles. The van der Waals surface area contributed by atoms with E-state index in [1.54, 1.807) is 0 Å². The highest BCUT2D eigenvalue weighted by molar-refractivity contribution is 5.48. The normalized spacial score (nSPS) is 11.8. The second-order valence-electron chi connectivity index (χ2n) is 2.74. The lowest BCUT2D eigenvalue weighted by Gasteiger charge is -2.06. The Labute approximate surface area is 72.6 Å². The number of hydrogen-bond acceptors (Lipinski definition) is 2. The minimum absolute atomic E-state index is 0.0833. The lowest BCUT2D eigenvalue weighted by atomic mass is 10.1. The number of nitrogens with zero attached hydrogens (tertiary/aromatic N) is 3. The fraction of sp³-hybridized carbons (Fsp3) is 0.875. The average molecular weight is 169 g/mol. The third-order valence-electron chi connectivity index (χ3n) is 1.70. The molecule has 0 unspecified atom stereocenters. The number of azide groups is 1. The molecule has 0 spiro atoms. The fourth-order valence-corrected chi connectivity index (χ4v) is 1.10. The van der Waals surface area contributed by atoms with Crippen LogP contribution < -0.4 is 0 Å². The summed E-state index contributed by atoms with van der Waals surface area (Å²) in [6.07, 6.45) is 5.07. The van der Waals surface area contributed by atoms with Crippen molar-refractivity contribution in [2.24, 2.45) is 5.11 Å². The first kappa shape index (κ1) is 11.0. The Bertz CT molecular complexity index is 164. The Hall–Kier alpha value is -1.02. The van der Waals surface area contributed by atoms with Crippen LogP contribution in [0.15, 0.2) is 5.11 Å². The molecule has 12 heavy (non-hydrogen) atoms. The van der Waals surface area contributed by atoms with Crippen LogP contribution in [0.3, 0.4) is 0 Å². The second-order valence-corrected chi connectivity index (χ2v) is 2.74. The number of aldehydes is 1. The molecule has 0 amide bonds. The summed E-state index contributed by atoms with van der Waals surface area (Å²) in [6.45, 7) is 2.06. The molecule has 1 atom stereocenters. The molecule has 0 N–H and O–H groups in total. The number of carbonyl (C=O) groups is 1. The summed E-state index contributed by atoms with van der Waals surface area (Å²) in [4.78, 5) is 12.8. The van der Waals surface area contributed by atoms with Crippen LogP contribution in [-0.4, -0.2) is 12.3 Å². The van der Waals surface area contributed by atoms with Gasteiger partial charge in [-0.2, -0.15) is 0 Å². The van der Waals surface area contributed by atoms with Gasteiger partial charge >= 0.3 is 0 Å².